The summed E-state index contributed by atoms with van der Waals surface area (Å²) in [4.78, 5) is 26.2. The molecule has 25 heavy (non-hydrogen) atoms. The second-order valence-electron chi connectivity index (χ2n) is 7.42. The maximum absolute atomic E-state index is 12.4. The Hall–Kier alpha value is -1.80. The Balaban J connectivity index is 1.53. The van der Waals surface area contributed by atoms with Crippen molar-refractivity contribution in [3.63, 3.8) is 0 Å². The minimum absolute atomic E-state index is 0.135. The van der Waals surface area contributed by atoms with Gasteiger partial charge in [0, 0.05) is 42.7 Å². The number of rotatable bonds is 4. The van der Waals surface area contributed by atoms with E-state index in [2.05, 4.69) is 40.8 Å². The van der Waals surface area contributed by atoms with E-state index >= 15 is 0 Å². The van der Waals surface area contributed by atoms with Gasteiger partial charge in [-0.1, -0.05) is 25.9 Å². The predicted octanol–water partition coefficient (Wildman–Crippen LogP) is 2.10. The summed E-state index contributed by atoms with van der Waals surface area (Å²) in [6, 6.07) is 0. The zero-order chi connectivity index (χ0) is 17.9. The fourth-order valence-corrected chi connectivity index (χ4v) is 3.38. The van der Waals surface area contributed by atoms with Gasteiger partial charge in [-0.25, -0.2) is 0 Å². The zero-order valence-electron chi connectivity index (χ0n) is 15.1. The summed E-state index contributed by atoms with van der Waals surface area (Å²) in [5, 5.41) is 4.10. The molecular weight excluding hydrogens is 338 g/mol. The molecule has 1 saturated heterocycles. The summed E-state index contributed by atoms with van der Waals surface area (Å²) >= 11 is 1.53. The molecule has 7 nitrogen and oxygen atoms in total. The molecule has 1 aliphatic heterocycles. The summed E-state index contributed by atoms with van der Waals surface area (Å²) in [6.07, 6.45) is 3.18. The number of hydrogen-bond donors (Lipinski definition) is 0. The van der Waals surface area contributed by atoms with Gasteiger partial charge in [0.1, 0.15) is 0 Å². The maximum Gasteiger partial charge on any atom is 0.232 e. The molecule has 2 aromatic rings. The number of carbonyl (C=O) groups excluding carboxylic acids is 1. The minimum atomic E-state index is -0.135. The van der Waals surface area contributed by atoms with E-state index in [1.807, 2.05) is 4.90 Å². The molecule has 0 unspecified atom stereocenters. The molecule has 1 fully saturated rings. The van der Waals surface area contributed by atoms with Gasteiger partial charge in [0.05, 0.1) is 18.5 Å². The molecule has 3 rings (SSSR count). The Bertz CT molecular complexity index is 692. The smallest absolute Gasteiger partial charge is 0.232 e. The van der Waals surface area contributed by atoms with E-state index in [4.69, 9.17) is 4.52 Å². The quantitative estimate of drug-likeness (QED) is 0.828. The first-order valence-electron chi connectivity index (χ1n) is 8.62. The van der Waals surface area contributed by atoms with Gasteiger partial charge in [-0.3, -0.25) is 14.7 Å². The topological polar surface area (TPSA) is 75.4 Å². The number of hydrogen-bond acceptors (Lipinski definition) is 7. The Morgan fingerprint density at radius 3 is 2.80 bits per heavy atom. The number of amides is 1. The van der Waals surface area contributed by atoms with Crippen LogP contribution in [0.15, 0.2) is 16.2 Å². The van der Waals surface area contributed by atoms with E-state index in [9.17, 15) is 4.79 Å². The van der Waals surface area contributed by atoms with Crippen LogP contribution >= 0.6 is 11.3 Å². The van der Waals surface area contributed by atoms with Crippen LogP contribution in [-0.2, 0) is 23.2 Å². The van der Waals surface area contributed by atoms with Crippen molar-refractivity contribution in [2.24, 2.45) is 0 Å². The Labute approximate surface area is 152 Å². The van der Waals surface area contributed by atoms with Crippen molar-refractivity contribution in [1.29, 1.82) is 0 Å². The molecule has 0 bridgehead atoms. The van der Waals surface area contributed by atoms with E-state index in [1.165, 1.54) is 11.3 Å². The van der Waals surface area contributed by atoms with Crippen molar-refractivity contribution in [3.8, 4) is 0 Å². The summed E-state index contributed by atoms with van der Waals surface area (Å²) in [5.74, 6) is 1.56. The molecule has 0 spiro atoms. The highest BCUT2D eigenvalue weighted by Gasteiger charge is 2.24. The molecule has 0 aromatic carbocycles. The summed E-state index contributed by atoms with van der Waals surface area (Å²) < 4.78 is 5.36. The van der Waals surface area contributed by atoms with E-state index in [0.29, 0.717) is 18.9 Å². The summed E-state index contributed by atoms with van der Waals surface area (Å²) in [6.45, 7) is 10.1. The van der Waals surface area contributed by atoms with Gasteiger partial charge in [-0.15, -0.1) is 11.3 Å². The van der Waals surface area contributed by atoms with Gasteiger partial charge < -0.3 is 9.42 Å². The molecule has 0 aliphatic carbocycles. The van der Waals surface area contributed by atoms with Gasteiger partial charge in [0.2, 0.25) is 11.8 Å². The molecule has 8 heteroatoms. The monoisotopic (exact) mass is 363 g/mol. The Kier molecular flexibility index (Phi) is 5.48. The third-order valence-corrected chi connectivity index (χ3v) is 5.00. The molecule has 2 aromatic heterocycles. The molecule has 1 amide bonds. The first kappa shape index (κ1) is 18.0. The lowest BCUT2D eigenvalue weighted by Gasteiger charge is -2.21. The maximum atomic E-state index is 12.4. The van der Waals surface area contributed by atoms with Crippen LogP contribution in [0.5, 0.6) is 0 Å². The molecule has 136 valence electrons. The van der Waals surface area contributed by atoms with Crippen LogP contribution in [0.25, 0.3) is 0 Å². The lowest BCUT2D eigenvalue weighted by Crippen LogP contribution is -2.36. The third kappa shape index (κ3) is 4.85. The van der Waals surface area contributed by atoms with Gasteiger partial charge in [0.25, 0.3) is 0 Å². The number of aromatic nitrogens is 3. The summed E-state index contributed by atoms with van der Waals surface area (Å²) in [7, 11) is 0. The Morgan fingerprint density at radius 1 is 1.28 bits per heavy atom. The van der Waals surface area contributed by atoms with Gasteiger partial charge in [0.15, 0.2) is 5.82 Å². The van der Waals surface area contributed by atoms with Crippen molar-refractivity contribution in [3.05, 3.63) is 28.3 Å². The van der Waals surface area contributed by atoms with Crippen molar-refractivity contribution in [1.82, 2.24) is 24.9 Å². The standard InChI is InChI=1S/C17H25N5O2S/c1-17(2,3)16-19-14(20-24-16)11-21-5-4-6-22(8-7-21)15(23)9-13-10-18-12-25-13/h10,12H,4-9,11H2,1-3H3. The normalized spacial score (nSPS) is 16.8. The van der Waals surface area contributed by atoms with Crippen LogP contribution in [0, 0.1) is 0 Å². The largest absolute Gasteiger partial charge is 0.341 e. The zero-order valence-corrected chi connectivity index (χ0v) is 15.9. The van der Waals surface area contributed by atoms with Crippen LogP contribution in [-0.4, -0.2) is 57.0 Å². The molecule has 0 N–H and O–H groups in total. The van der Waals surface area contributed by atoms with Crippen LogP contribution in [0.3, 0.4) is 0 Å². The van der Waals surface area contributed by atoms with Crippen molar-refractivity contribution < 1.29 is 9.32 Å². The second kappa shape index (κ2) is 7.61. The first-order valence-corrected chi connectivity index (χ1v) is 9.50. The summed E-state index contributed by atoms with van der Waals surface area (Å²) in [5.41, 5.74) is 1.63. The van der Waals surface area contributed by atoms with E-state index in [-0.39, 0.29) is 11.3 Å². The highest BCUT2D eigenvalue weighted by atomic mass is 32.1. The average Bonchev–Trinajstić information content (AvgIpc) is 3.16. The SMILES string of the molecule is CC(C)(C)c1nc(CN2CCCN(C(=O)Cc3cncs3)CC2)no1. The molecule has 3 heterocycles. The van der Waals surface area contributed by atoms with Crippen LogP contribution < -0.4 is 0 Å². The fraction of sp³-hybridized carbons (Fsp3) is 0.647. The van der Waals surface area contributed by atoms with Crippen LogP contribution in [0.1, 0.15) is 43.8 Å². The molecule has 1 aliphatic rings. The molecular formula is C17H25N5O2S. The van der Waals surface area contributed by atoms with Crippen molar-refractivity contribution in [2.45, 2.75) is 45.6 Å². The molecule has 0 radical (unpaired) electrons. The second-order valence-corrected chi connectivity index (χ2v) is 8.39. The Morgan fingerprint density at radius 2 is 2.12 bits per heavy atom. The minimum Gasteiger partial charge on any atom is -0.341 e. The average molecular weight is 363 g/mol. The number of carbonyl (C=O) groups is 1. The van der Waals surface area contributed by atoms with Crippen molar-refractivity contribution >= 4 is 17.2 Å². The van der Waals surface area contributed by atoms with Crippen LogP contribution in [0.4, 0.5) is 0 Å². The van der Waals surface area contributed by atoms with E-state index in [0.717, 1.165) is 43.3 Å². The fourth-order valence-electron chi connectivity index (χ4n) is 2.79. The predicted molar refractivity (Wildman–Crippen MR) is 95.3 cm³/mol. The highest BCUT2D eigenvalue weighted by Crippen LogP contribution is 2.20. The number of nitrogens with zero attached hydrogens (tertiary/aromatic N) is 5. The first-order chi connectivity index (χ1) is 11.9. The van der Waals surface area contributed by atoms with Gasteiger partial charge in [-0.2, -0.15) is 4.98 Å². The lowest BCUT2D eigenvalue weighted by atomic mass is 9.97. The molecule has 0 saturated carbocycles. The third-order valence-electron chi connectivity index (χ3n) is 4.22. The lowest BCUT2D eigenvalue weighted by molar-refractivity contribution is -0.130. The highest BCUT2D eigenvalue weighted by molar-refractivity contribution is 7.09. The van der Waals surface area contributed by atoms with E-state index < -0.39 is 0 Å². The van der Waals surface area contributed by atoms with Gasteiger partial charge in [-0.05, 0) is 6.42 Å². The van der Waals surface area contributed by atoms with E-state index in [1.54, 1.807) is 11.7 Å². The number of thiazole rings is 1. The molecule has 0 atom stereocenters. The van der Waals surface area contributed by atoms with Crippen molar-refractivity contribution in [2.75, 3.05) is 26.2 Å². The van der Waals surface area contributed by atoms with Gasteiger partial charge >= 0.3 is 0 Å². The van der Waals surface area contributed by atoms with Crippen LogP contribution in [0.2, 0.25) is 0 Å².